The minimum absolute atomic E-state index is 0.00129. The summed E-state index contributed by atoms with van der Waals surface area (Å²) in [6.07, 6.45) is 1.18. The Morgan fingerprint density at radius 1 is 1.76 bits per heavy atom. The van der Waals surface area contributed by atoms with E-state index in [0.29, 0.717) is 13.2 Å². The molecule has 0 aliphatic carbocycles. The maximum Gasteiger partial charge on any atom is 0.287 e. The second kappa shape index (κ2) is 6.36. The molecule has 94 valence electrons. The third-order valence-corrected chi connectivity index (χ3v) is 2.54. The van der Waals surface area contributed by atoms with Crippen LogP contribution in [0.2, 0.25) is 0 Å². The van der Waals surface area contributed by atoms with Gasteiger partial charge in [0.1, 0.15) is 5.69 Å². The van der Waals surface area contributed by atoms with Gasteiger partial charge < -0.3 is 15.0 Å². The third-order valence-electron chi connectivity index (χ3n) is 1.95. The highest BCUT2D eigenvalue weighted by Gasteiger charge is 2.15. The summed E-state index contributed by atoms with van der Waals surface area (Å²) in [5.74, 6) is -0.390. The van der Waals surface area contributed by atoms with Gasteiger partial charge in [-0.15, -0.1) is 0 Å². The SMILES string of the molecule is COCC(Br)CNC(=O)c1cc([N+](=O)[O-])c[nH]1. The number of nitrogens with zero attached hydrogens (tertiary/aromatic N) is 1. The highest BCUT2D eigenvalue weighted by atomic mass is 79.9. The lowest BCUT2D eigenvalue weighted by atomic mass is 10.3. The molecule has 1 aromatic rings. The van der Waals surface area contributed by atoms with E-state index < -0.39 is 10.8 Å². The van der Waals surface area contributed by atoms with Crippen molar-refractivity contribution < 1.29 is 14.5 Å². The van der Waals surface area contributed by atoms with E-state index in [1.54, 1.807) is 7.11 Å². The fraction of sp³-hybridized carbons (Fsp3) is 0.444. The van der Waals surface area contributed by atoms with Gasteiger partial charge in [-0.25, -0.2) is 0 Å². The van der Waals surface area contributed by atoms with Crippen molar-refractivity contribution in [2.75, 3.05) is 20.3 Å². The average molecular weight is 306 g/mol. The number of hydrogen-bond donors (Lipinski definition) is 2. The predicted molar refractivity (Wildman–Crippen MR) is 64.4 cm³/mol. The zero-order valence-electron chi connectivity index (χ0n) is 9.10. The molecule has 0 aliphatic heterocycles. The largest absolute Gasteiger partial charge is 0.383 e. The summed E-state index contributed by atoms with van der Waals surface area (Å²) in [7, 11) is 1.56. The second-order valence-corrected chi connectivity index (χ2v) is 4.59. The van der Waals surface area contributed by atoms with E-state index in [4.69, 9.17) is 4.74 Å². The molecule has 17 heavy (non-hydrogen) atoms. The lowest BCUT2D eigenvalue weighted by molar-refractivity contribution is -0.384. The van der Waals surface area contributed by atoms with Crippen molar-refractivity contribution in [3.8, 4) is 0 Å². The molecule has 1 aromatic heterocycles. The summed E-state index contributed by atoms with van der Waals surface area (Å²) in [6.45, 7) is 0.838. The Labute approximate surface area is 106 Å². The van der Waals surface area contributed by atoms with Crippen LogP contribution < -0.4 is 5.32 Å². The van der Waals surface area contributed by atoms with Gasteiger partial charge in [-0.3, -0.25) is 14.9 Å². The molecule has 0 bridgehead atoms. The van der Waals surface area contributed by atoms with Crippen molar-refractivity contribution in [2.24, 2.45) is 0 Å². The number of rotatable bonds is 6. The van der Waals surface area contributed by atoms with Gasteiger partial charge >= 0.3 is 0 Å². The van der Waals surface area contributed by atoms with E-state index in [1.165, 1.54) is 12.3 Å². The standard InChI is InChI=1S/C9H12BrN3O4/c1-17-5-6(10)3-12-9(14)8-2-7(4-11-8)13(15)16/h2,4,6,11H,3,5H2,1H3,(H,12,14). The summed E-state index contributed by atoms with van der Waals surface area (Å²) < 4.78 is 4.88. The monoisotopic (exact) mass is 305 g/mol. The second-order valence-electron chi connectivity index (χ2n) is 3.29. The van der Waals surface area contributed by atoms with Crippen LogP contribution in [0.5, 0.6) is 0 Å². The highest BCUT2D eigenvalue weighted by molar-refractivity contribution is 9.09. The van der Waals surface area contributed by atoms with E-state index in [-0.39, 0.29) is 16.2 Å². The Bertz CT molecular complexity index is 407. The van der Waals surface area contributed by atoms with Crippen LogP contribution in [0.15, 0.2) is 12.3 Å². The van der Waals surface area contributed by atoms with Crippen LogP contribution in [0.4, 0.5) is 5.69 Å². The van der Waals surface area contributed by atoms with E-state index in [9.17, 15) is 14.9 Å². The number of ether oxygens (including phenoxy) is 1. The molecule has 1 unspecified atom stereocenters. The average Bonchev–Trinajstić information content (AvgIpc) is 2.75. The number of aromatic nitrogens is 1. The molecule has 0 fully saturated rings. The van der Waals surface area contributed by atoms with E-state index in [2.05, 4.69) is 26.2 Å². The topological polar surface area (TPSA) is 97.3 Å². The summed E-state index contributed by atoms with van der Waals surface area (Å²) in [5.41, 5.74) is 0.0243. The number of alkyl halides is 1. The number of H-pyrrole nitrogens is 1. The van der Waals surface area contributed by atoms with E-state index >= 15 is 0 Å². The van der Waals surface area contributed by atoms with Gasteiger partial charge in [0.05, 0.1) is 22.6 Å². The number of aromatic amines is 1. The first-order valence-corrected chi connectivity index (χ1v) is 5.70. The van der Waals surface area contributed by atoms with E-state index in [0.717, 1.165) is 0 Å². The first kappa shape index (κ1) is 13.7. The molecule has 0 radical (unpaired) electrons. The predicted octanol–water partition coefficient (Wildman–Crippen LogP) is 1.06. The summed E-state index contributed by atoms with van der Waals surface area (Å²) in [5, 5.41) is 13.0. The van der Waals surface area contributed by atoms with Gasteiger partial charge in [0.2, 0.25) is 0 Å². The Morgan fingerprint density at radius 2 is 2.47 bits per heavy atom. The van der Waals surface area contributed by atoms with Gasteiger partial charge in [0.15, 0.2) is 0 Å². The normalized spacial score (nSPS) is 12.1. The zero-order chi connectivity index (χ0) is 12.8. The highest BCUT2D eigenvalue weighted by Crippen LogP contribution is 2.11. The van der Waals surface area contributed by atoms with Crippen molar-refractivity contribution in [2.45, 2.75) is 4.83 Å². The first-order chi connectivity index (χ1) is 8.04. The lowest BCUT2D eigenvalue weighted by Gasteiger charge is -2.08. The fourth-order valence-corrected chi connectivity index (χ4v) is 1.58. The van der Waals surface area contributed by atoms with Crippen LogP contribution in [0.1, 0.15) is 10.5 Å². The molecular weight excluding hydrogens is 294 g/mol. The van der Waals surface area contributed by atoms with Crippen LogP contribution in [-0.2, 0) is 4.74 Å². The molecule has 1 heterocycles. The van der Waals surface area contributed by atoms with Crippen molar-refractivity contribution in [3.05, 3.63) is 28.1 Å². The minimum Gasteiger partial charge on any atom is -0.383 e. The minimum atomic E-state index is -0.564. The molecule has 0 spiro atoms. The lowest BCUT2D eigenvalue weighted by Crippen LogP contribution is -2.31. The zero-order valence-corrected chi connectivity index (χ0v) is 10.7. The van der Waals surface area contributed by atoms with Crippen molar-refractivity contribution >= 4 is 27.5 Å². The molecule has 1 atom stereocenters. The Kier molecular flexibility index (Phi) is 5.11. The number of amides is 1. The first-order valence-electron chi connectivity index (χ1n) is 4.78. The molecule has 0 saturated carbocycles. The number of nitro groups is 1. The number of carbonyl (C=O) groups is 1. The van der Waals surface area contributed by atoms with Crippen LogP contribution in [0.3, 0.4) is 0 Å². The van der Waals surface area contributed by atoms with Gasteiger partial charge in [-0.1, -0.05) is 15.9 Å². The number of hydrogen-bond acceptors (Lipinski definition) is 4. The molecule has 7 nitrogen and oxygen atoms in total. The number of halogens is 1. The summed E-state index contributed by atoms with van der Waals surface area (Å²) >= 11 is 3.31. The molecule has 0 aliphatic rings. The van der Waals surface area contributed by atoms with E-state index in [1.807, 2.05) is 0 Å². The van der Waals surface area contributed by atoms with Crippen molar-refractivity contribution in [1.29, 1.82) is 0 Å². The summed E-state index contributed by atoms with van der Waals surface area (Å²) in [4.78, 5) is 24.0. The molecule has 0 saturated heterocycles. The quantitative estimate of drug-likeness (QED) is 0.466. The van der Waals surface area contributed by atoms with Gasteiger partial charge in [0.25, 0.3) is 11.6 Å². The number of methoxy groups -OCH3 is 1. The van der Waals surface area contributed by atoms with Crippen LogP contribution in [-0.4, -0.2) is 40.9 Å². The van der Waals surface area contributed by atoms with Crippen molar-refractivity contribution in [3.63, 3.8) is 0 Å². The Hall–Kier alpha value is -1.41. The third kappa shape index (κ3) is 4.16. The van der Waals surface area contributed by atoms with Crippen molar-refractivity contribution in [1.82, 2.24) is 10.3 Å². The maximum absolute atomic E-state index is 11.6. The molecular formula is C9H12BrN3O4. The van der Waals surface area contributed by atoms with Crippen LogP contribution >= 0.6 is 15.9 Å². The maximum atomic E-state index is 11.6. The number of carbonyl (C=O) groups excluding carboxylic acids is 1. The molecule has 0 aromatic carbocycles. The smallest absolute Gasteiger partial charge is 0.287 e. The molecule has 1 rings (SSSR count). The van der Waals surface area contributed by atoms with Gasteiger partial charge in [-0.2, -0.15) is 0 Å². The Balaban J connectivity index is 2.49. The molecule has 8 heteroatoms. The van der Waals surface area contributed by atoms with Gasteiger partial charge in [0, 0.05) is 19.7 Å². The molecule has 2 N–H and O–H groups in total. The Morgan fingerprint density at radius 3 is 3.00 bits per heavy atom. The van der Waals surface area contributed by atoms with Crippen LogP contribution in [0.25, 0.3) is 0 Å². The molecule has 1 amide bonds. The number of nitrogens with one attached hydrogen (secondary N) is 2. The summed E-state index contributed by atoms with van der Waals surface area (Å²) in [6, 6.07) is 1.19. The fourth-order valence-electron chi connectivity index (χ4n) is 1.16. The van der Waals surface area contributed by atoms with Crippen LogP contribution in [0, 0.1) is 10.1 Å². The van der Waals surface area contributed by atoms with Gasteiger partial charge in [-0.05, 0) is 0 Å².